The Kier molecular flexibility index (Phi) is 3.07. The Morgan fingerprint density at radius 3 is 2.94 bits per heavy atom. The van der Waals surface area contributed by atoms with Crippen LogP contribution in [0.4, 0.5) is 5.82 Å². The van der Waals surface area contributed by atoms with E-state index < -0.39 is 0 Å². The summed E-state index contributed by atoms with van der Waals surface area (Å²) >= 11 is 5.74. The number of amides is 1. The minimum absolute atomic E-state index is 0.0125. The second kappa shape index (κ2) is 4.35. The number of hydrogen-bond donors (Lipinski definition) is 1. The Morgan fingerprint density at radius 1 is 1.62 bits per heavy atom. The largest absolute Gasteiger partial charge is 0.396 e. The first-order valence-electron chi connectivity index (χ1n) is 5.02. The molecule has 0 radical (unpaired) electrons. The molecule has 0 bridgehead atoms. The number of rotatable bonds is 2. The molecule has 2 heterocycles. The Bertz CT molecular complexity index is 404. The summed E-state index contributed by atoms with van der Waals surface area (Å²) in [5.41, 5.74) is 0.718. The highest BCUT2D eigenvalue weighted by Crippen LogP contribution is 2.24. The number of carbonyl (C=O) groups is 1. The summed E-state index contributed by atoms with van der Waals surface area (Å²) in [5, 5.41) is 9.15. The van der Waals surface area contributed by atoms with E-state index >= 15 is 0 Å². The molecule has 0 aromatic carbocycles. The normalized spacial score (nSPS) is 20.6. The molecule has 5 nitrogen and oxygen atoms in total. The first-order valence-corrected chi connectivity index (χ1v) is 5.40. The molecule has 1 aliphatic heterocycles. The number of halogens is 1. The van der Waals surface area contributed by atoms with E-state index in [0.717, 1.165) is 5.69 Å². The lowest BCUT2D eigenvalue weighted by molar-refractivity contribution is -0.117. The molecule has 1 unspecified atom stereocenters. The molecule has 1 aromatic rings. The summed E-state index contributed by atoms with van der Waals surface area (Å²) in [6.45, 7) is 2.29. The molecule has 1 aliphatic rings. The monoisotopic (exact) mass is 241 g/mol. The predicted octanol–water partition coefficient (Wildman–Crippen LogP) is 0.784. The second-order valence-corrected chi connectivity index (χ2v) is 4.23. The minimum atomic E-state index is -0.0341. The van der Waals surface area contributed by atoms with Gasteiger partial charge in [-0.05, 0) is 18.5 Å². The number of anilines is 1. The number of aliphatic hydroxyl groups is 1. The van der Waals surface area contributed by atoms with Crippen molar-refractivity contribution in [3.8, 4) is 0 Å². The van der Waals surface area contributed by atoms with Crippen LogP contribution in [0.1, 0.15) is 12.1 Å². The fourth-order valence-electron chi connectivity index (χ4n) is 1.78. The summed E-state index contributed by atoms with van der Waals surface area (Å²) in [4.78, 5) is 21.2. The molecule has 1 amide bonds. The number of hydrogen-bond acceptors (Lipinski definition) is 4. The van der Waals surface area contributed by atoms with Gasteiger partial charge >= 0.3 is 0 Å². The molecule has 1 aromatic heterocycles. The van der Waals surface area contributed by atoms with Gasteiger partial charge in [-0.2, -0.15) is 0 Å². The summed E-state index contributed by atoms with van der Waals surface area (Å²) in [6, 6.07) is 1.71. The number of carbonyl (C=O) groups excluding carboxylic acids is 1. The van der Waals surface area contributed by atoms with Crippen molar-refractivity contribution in [2.75, 3.05) is 18.1 Å². The smallest absolute Gasteiger partial charge is 0.228 e. The average Bonchev–Trinajstić information content (AvgIpc) is 2.58. The van der Waals surface area contributed by atoms with Gasteiger partial charge in [-0.15, -0.1) is 0 Å². The number of aliphatic hydroxyl groups excluding tert-OH is 1. The van der Waals surface area contributed by atoms with Crippen LogP contribution < -0.4 is 4.90 Å². The third kappa shape index (κ3) is 2.15. The number of aromatic nitrogens is 2. The molecule has 0 spiro atoms. The van der Waals surface area contributed by atoms with Crippen LogP contribution in [-0.4, -0.2) is 34.1 Å². The van der Waals surface area contributed by atoms with E-state index in [1.54, 1.807) is 17.9 Å². The Labute approximate surface area is 98.1 Å². The Hall–Kier alpha value is -1.20. The highest BCUT2D eigenvalue weighted by atomic mass is 35.5. The lowest BCUT2D eigenvalue weighted by Gasteiger charge is -2.15. The standard InChI is InChI=1S/C10H12ClN3O2/c1-6-2-8(13-10(11)12-6)14-4-7(5-15)3-9(14)16/h2,7,15H,3-5H2,1H3. The van der Waals surface area contributed by atoms with Gasteiger partial charge < -0.3 is 5.11 Å². The molecule has 1 atom stereocenters. The van der Waals surface area contributed by atoms with E-state index in [0.29, 0.717) is 18.8 Å². The van der Waals surface area contributed by atoms with E-state index in [1.807, 2.05) is 0 Å². The fourth-order valence-corrected chi connectivity index (χ4v) is 2.00. The van der Waals surface area contributed by atoms with Crippen LogP contribution in [0.2, 0.25) is 5.28 Å². The number of aryl methyl sites for hydroxylation is 1. The van der Waals surface area contributed by atoms with Crippen LogP contribution in [-0.2, 0) is 4.79 Å². The third-order valence-electron chi connectivity index (χ3n) is 2.55. The molecular weight excluding hydrogens is 230 g/mol. The van der Waals surface area contributed by atoms with E-state index in [2.05, 4.69) is 9.97 Å². The molecule has 1 fully saturated rings. The van der Waals surface area contributed by atoms with Crippen molar-refractivity contribution in [1.82, 2.24) is 9.97 Å². The molecular formula is C10H12ClN3O2. The predicted molar refractivity (Wildman–Crippen MR) is 59.3 cm³/mol. The van der Waals surface area contributed by atoms with Gasteiger partial charge in [-0.1, -0.05) is 0 Å². The zero-order valence-corrected chi connectivity index (χ0v) is 9.61. The van der Waals surface area contributed by atoms with Crippen LogP contribution in [0, 0.1) is 12.8 Å². The van der Waals surface area contributed by atoms with Crippen LogP contribution in [0.25, 0.3) is 0 Å². The lowest BCUT2D eigenvalue weighted by Crippen LogP contribution is -2.26. The highest BCUT2D eigenvalue weighted by molar-refractivity contribution is 6.28. The van der Waals surface area contributed by atoms with Crippen molar-refractivity contribution >= 4 is 23.3 Å². The van der Waals surface area contributed by atoms with Crippen molar-refractivity contribution in [2.24, 2.45) is 5.92 Å². The van der Waals surface area contributed by atoms with Crippen molar-refractivity contribution < 1.29 is 9.90 Å². The topological polar surface area (TPSA) is 66.3 Å². The van der Waals surface area contributed by atoms with Gasteiger partial charge in [-0.25, -0.2) is 9.97 Å². The maximum absolute atomic E-state index is 11.7. The van der Waals surface area contributed by atoms with Gasteiger partial charge in [0.2, 0.25) is 11.2 Å². The fraction of sp³-hybridized carbons (Fsp3) is 0.500. The maximum atomic E-state index is 11.7. The molecule has 1 N–H and O–H groups in total. The van der Waals surface area contributed by atoms with Crippen LogP contribution >= 0.6 is 11.6 Å². The zero-order chi connectivity index (χ0) is 11.7. The van der Waals surface area contributed by atoms with Crippen molar-refractivity contribution in [1.29, 1.82) is 0 Å². The van der Waals surface area contributed by atoms with Gasteiger partial charge in [0.15, 0.2) is 0 Å². The van der Waals surface area contributed by atoms with Crippen molar-refractivity contribution in [3.63, 3.8) is 0 Å². The molecule has 6 heteroatoms. The van der Waals surface area contributed by atoms with Gasteiger partial charge in [0.05, 0.1) is 0 Å². The van der Waals surface area contributed by atoms with Gasteiger partial charge in [0.25, 0.3) is 0 Å². The molecule has 2 rings (SSSR count). The average molecular weight is 242 g/mol. The van der Waals surface area contributed by atoms with E-state index in [9.17, 15) is 4.79 Å². The molecule has 1 saturated heterocycles. The maximum Gasteiger partial charge on any atom is 0.228 e. The Balaban J connectivity index is 2.27. The van der Waals surface area contributed by atoms with Gasteiger partial charge in [-0.3, -0.25) is 9.69 Å². The van der Waals surface area contributed by atoms with Crippen molar-refractivity contribution in [3.05, 3.63) is 17.0 Å². The van der Waals surface area contributed by atoms with Crippen LogP contribution in [0.5, 0.6) is 0 Å². The minimum Gasteiger partial charge on any atom is -0.396 e. The van der Waals surface area contributed by atoms with Gasteiger partial charge in [0, 0.05) is 37.3 Å². The molecule has 86 valence electrons. The summed E-state index contributed by atoms with van der Waals surface area (Å²) in [7, 11) is 0. The Morgan fingerprint density at radius 2 is 2.38 bits per heavy atom. The summed E-state index contributed by atoms with van der Waals surface area (Å²) in [6.07, 6.45) is 0.358. The summed E-state index contributed by atoms with van der Waals surface area (Å²) < 4.78 is 0. The third-order valence-corrected chi connectivity index (χ3v) is 2.72. The van der Waals surface area contributed by atoms with E-state index in [4.69, 9.17) is 16.7 Å². The van der Waals surface area contributed by atoms with Gasteiger partial charge in [0.1, 0.15) is 5.82 Å². The first-order chi connectivity index (χ1) is 7.60. The molecule has 0 aliphatic carbocycles. The zero-order valence-electron chi connectivity index (χ0n) is 8.85. The van der Waals surface area contributed by atoms with E-state index in [1.165, 1.54) is 0 Å². The lowest BCUT2D eigenvalue weighted by atomic mass is 10.1. The first kappa shape index (κ1) is 11.3. The molecule has 0 saturated carbocycles. The second-order valence-electron chi connectivity index (χ2n) is 3.89. The SMILES string of the molecule is Cc1cc(N2CC(CO)CC2=O)nc(Cl)n1. The highest BCUT2D eigenvalue weighted by Gasteiger charge is 2.31. The van der Waals surface area contributed by atoms with E-state index in [-0.39, 0.29) is 23.7 Å². The quantitative estimate of drug-likeness (QED) is 0.778. The van der Waals surface area contributed by atoms with Crippen LogP contribution in [0.3, 0.4) is 0 Å². The van der Waals surface area contributed by atoms with Crippen LogP contribution in [0.15, 0.2) is 6.07 Å². The summed E-state index contributed by atoms with van der Waals surface area (Å²) in [5.74, 6) is 0.466. The van der Waals surface area contributed by atoms with Crippen molar-refractivity contribution in [2.45, 2.75) is 13.3 Å². The number of nitrogens with zero attached hydrogens (tertiary/aromatic N) is 3. The molecule has 16 heavy (non-hydrogen) atoms.